The fourth-order valence-electron chi connectivity index (χ4n) is 1.29. The molecule has 0 fully saturated rings. The Kier molecular flexibility index (Phi) is 7.38. The largest absolute Gasteiger partial charge is 0.355 e. The van der Waals surface area contributed by atoms with Crippen LogP contribution in [0.15, 0.2) is 0 Å². The highest BCUT2D eigenvalue weighted by atomic mass is 32.2. The molecule has 0 aliphatic heterocycles. The Bertz CT molecular complexity index is 326. The summed E-state index contributed by atoms with van der Waals surface area (Å²) in [6.45, 7) is 7.11. The van der Waals surface area contributed by atoms with Crippen LogP contribution in [0.1, 0.15) is 33.6 Å². The standard InChI is InChI=1S/C11H24N2O3S/c1-5-11(14)12-7-9-13(17(4,15)16)8-6-10(2)3/h10H,5-9H2,1-4H3,(H,12,14). The summed E-state index contributed by atoms with van der Waals surface area (Å²) in [6.07, 6.45) is 2.45. The molecule has 0 aromatic rings. The number of carbonyl (C=O) groups is 1. The predicted octanol–water partition coefficient (Wildman–Crippen LogP) is 0.820. The zero-order valence-electron chi connectivity index (χ0n) is 11.2. The van der Waals surface area contributed by atoms with Crippen molar-refractivity contribution >= 4 is 15.9 Å². The van der Waals surface area contributed by atoms with Gasteiger partial charge in [0.15, 0.2) is 0 Å². The van der Waals surface area contributed by atoms with Crippen molar-refractivity contribution in [3.05, 3.63) is 0 Å². The van der Waals surface area contributed by atoms with Crippen molar-refractivity contribution in [1.29, 1.82) is 0 Å². The predicted molar refractivity (Wildman–Crippen MR) is 69.2 cm³/mol. The Hall–Kier alpha value is -0.620. The van der Waals surface area contributed by atoms with E-state index in [1.165, 1.54) is 10.6 Å². The molecular weight excluding hydrogens is 240 g/mol. The first-order valence-corrected chi connectivity index (χ1v) is 7.84. The molecule has 0 aromatic carbocycles. The maximum atomic E-state index is 11.5. The van der Waals surface area contributed by atoms with Gasteiger partial charge in [-0.1, -0.05) is 20.8 Å². The monoisotopic (exact) mass is 264 g/mol. The average Bonchev–Trinajstić information content (AvgIpc) is 2.20. The summed E-state index contributed by atoms with van der Waals surface area (Å²) in [5.41, 5.74) is 0. The Morgan fingerprint density at radius 2 is 1.88 bits per heavy atom. The molecule has 6 heteroatoms. The third-order valence-electron chi connectivity index (χ3n) is 2.43. The second-order valence-corrected chi connectivity index (χ2v) is 6.53. The molecule has 0 saturated carbocycles. The lowest BCUT2D eigenvalue weighted by Crippen LogP contribution is -2.38. The van der Waals surface area contributed by atoms with Gasteiger partial charge in [0, 0.05) is 26.1 Å². The van der Waals surface area contributed by atoms with Gasteiger partial charge in [0.25, 0.3) is 0 Å². The lowest BCUT2D eigenvalue weighted by molar-refractivity contribution is -0.120. The van der Waals surface area contributed by atoms with Crippen molar-refractivity contribution in [1.82, 2.24) is 9.62 Å². The summed E-state index contributed by atoms with van der Waals surface area (Å²) < 4.78 is 24.4. The molecule has 1 N–H and O–H groups in total. The summed E-state index contributed by atoms with van der Waals surface area (Å²) in [4.78, 5) is 11.0. The highest BCUT2D eigenvalue weighted by Gasteiger charge is 2.16. The van der Waals surface area contributed by atoms with Crippen LogP contribution in [0.2, 0.25) is 0 Å². The first-order chi connectivity index (χ1) is 7.77. The molecule has 0 heterocycles. The molecule has 0 saturated heterocycles. The number of nitrogens with zero attached hydrogens (tertiary/aromatic N) is 1. The number of amides is 1. The highest BCUT2D eigenvalue weighted by Crippen LogP contribution is 2.05. The normalized spacial score (nSPS) is 12.1. The fourth-order valence-corrected chi connectivity index (χ4v) is 2.15. The van der Waals surface area contributed by atoms with E-state index in [1.807, 2.05) is 0 Å². The van der Waals surface area contributed by atoms with Crippen molar-refractivity contribution in [3.8, 4) is 0 Å². The lowest BCUT2D eigenvalue weighted by Gasteiger charge is -2.20. The molecule has 0 aromatic heterocycles. The first kappa shape index (κ1) is 16.4. The Labute approximate surface area is 105 Å². The van der Waals surface area contributed by atoms with Crippen LogP contribution in [-0.4, -0.2) is 44.5 Å². The molecule has 17 heavy (non-hydrogen) atoms. The summed E-state index contributed by atoms with van der Waals surface area (Å²) in [7, 11) is -3.18. The van der Waals surface area contributed by atoms with E-state index in [-0.39, 0.29) is 5.91 Å². The van der Waals surface area contributed by atoms with E-state index in [2.05, 4.69) is 19.2 Å². The van der Waals surface area contributed by atoms with E-state index in [0.29, 0.717) is 32.0 Å². The molecule has 0 radical (unpaired) electrons. The van der Waals surface area contributed by atoms with Crippen LogP contribution in [-0.2, 0) is 14.8 Å². The van der Waals surface area contributed by atoms with Gasteiger partial charge in [0.2, 0.25) is 15.9 Å². The van der Waals surface area contributed by atoms with Crippen molar-refractivity contribution in [3.63, 3.8) is 0 Å². The van der Waals surface area contributed by atoms with Crippen LogP contribution in [0.3, 0.4) is 0 Å². The minimum Gasteiger partial charge on any atom is -0.355 e. The fraction of sp³-hybridized carbons (Fsp3) is 0.909. The van der Waals surface area contributed by atoms with E-state index < -0.39 is 10.0 Å². The van der Waals surface area contributed by atoms with Gasteiger partial charge in [-0.25, -0.2) is 12.7 Å². The van der Waals surface area contributed by atoms with Crippen LogP contribution in [0.25, 0.3) is 0 Å². The van der Waals surface area contributed by atoms with Gasteiger partial charge in [-0.3, -0.25) is 4.79 Å². The van der Waals surface area contributed by atoms with E-state index in [4.69, 9.17) is 0 Å². The summed E-state index contributed by atoms with van der Waals surface area (Å²) in [6, 6.07) is 0. The van der Waals surface area contributed by atoms with E-state index >= 15 is 0 Å². The first-order valence-electron chi connectivity index (χ1n) is 5.99. The maximum Gasteiger partial charge on any atom is 0.219 e. The lowest BCUT2D eigenvalue weighted by atomic mass is 10.1. The SMILES string of the molecule is CCC(=O)NCCN(CCC(C)C)S(C)(=O)=O. The van der Waals surface area contributed by atoms with Gasteiger partial charge < -0.3 is 5.32 Å². The van der Waals surface area contributed by atoms with Crippen LogP contribution < -0.4 is 5.32 Å². The zero-order chi connectivity index (χ0) is 13.5. The Balaban J connectivity index is 4.17. The molecule has 102 valence electrons. The smallest absolute Gasteiger partial charge is 0.219 e. The van der Waals surface area contributed by atoms with Gasteiger partial charge in [0.05, 0.1) is 6.26 Å². The van der Waals surface area contributed by atoms with Gasteiger partial charge in [0.1, 0.15) is 0 Å². The van der Waals surface area contributed by atoms with Crippen LogP contribution >= 0.6 is 0 Å². The van der Waals surface area contributed by atoms with E-state index in [9.17, 15) is 13.2 Å². The van der Waals surface area contributed by atoms with Crippen LogP contribution in [0, 0.1) is 5.92 Å². The van der Waals surface area contributed by atoms with Gasteiger partial charge >= 0.3 is 0 Å². The summed E-state index contributed by atoms with van der Waals surface area (Å²) in [5, 5.41) is 2.68. The third-order valence-corrected chi connectivity index (χ3v) is 3.73. The summed E-state index contributed by atoms with van der Waals surface area (Å²) >= 11 is 0. The average molecular weight is 264 g/mol. The Morgan fingerprint density at radius 1 is 1.29 bits per heavy atom. The molecule has 5 nitrogen and oxygen atoms in total. The van der Waals surface area contributed by atoms with E-state index in [0.717, 1.165) is 6.42 Å². The number of rotatable bonds is 8. The van der Waals surface area contributed by atoms with Crippen molar-refractivity contribution < 1.29 is 13.2 Å². The van der Waals surface area contributed by atoms with Gasteiger partial charge in [-0.2, -0.15) is 0 Å². The van der Waals surface area contributed by atoms with Crippen LogP contribution in [0.5, 0.6) is 0 Å². The number of hydrogen-bond acceptors (Lipinski definition) is 3. The van der Waals surface area contributed by atoms with Gasteiger partial charge in [-0.05, 0) is 12.3 Å². The minimum absolute atomic E-state index is 0.0534. The highest BCUT2D eigenvalue weighted by molar-refractivity contribution is 7.88. The molecule has 0 spiro atoms. The maximum absolute atomic E-state index is 11.5. The number of carbonyl (C=O) groups excluding carboxylic acids is 1. The number of sulfonamides is 1. The molecule has 0 bridgehead atoms. The van der Waals surface area contributed by atoms with Crippen LogP contribution in [0.4, 0.5) is 0 Å². The van der Waals surface area contributed by atoms with Crippen molar-refractivity contribution in [2.24, 2.45) is 5.92 Å². The minimum atomic E-state index is -3.18. The molecule has 0 rings (SSSR count). The second kappa shape index (κ2) is 7.66. The molecule has 1 amide bonds. The quantitative estimate of drug-likeness (QED) is 0.706. The molecular formula is C11H24N2O3S. The van der Waals surface area contributed by atoms with Gasteiger partial charge in [-0.15, -0.1) is 0 Å². The second-order valence-electron chi connectivity index (χ2n) is 4.55. The molecule has 0 atom stereocenters. The number of nitrogens with one attached hydrogen (secondary N) is 1. The Morgan fingerprint density at radius 3 is 2.29 bits per heavy atom. The third kappa shape index (κ3) is 8.15. The zero-order valence-corrected chi connectivity index (χ0v) is 12.0. The van der Waals surface area contributed by atoms with Crippen molar-refractivity contribution in [2.75, 3.05) is 25.9 Å². The molecule has 0 unspecified atom stereocenters. The molecule has 0 aliphatic carbocycles. The number of hydrogen-bond donors (Lipinski definition) is 1. The molecule has 0 aliphatic rings. The summed E-state index contributed by atoms with van der Waals surface area (Å²) in [5.74, 6) is 0.409. The van der Waals surface area contributed by atoms with Crippen molar-refractivity contribution in [2.45, 2.75) is 33.6 Å². The topological polar surface area (TPSA) is 66.5 Å². The van der Waals surface area contributed by atoms with E-state index in [1.54, 1.807) is 6.92 Å².